The van der Waals surface area contributed by atoms with Gasteiger partial charge in [-0.05, 0) is 55.2 Å². The molecule has 1 aromatic rings. The fourth-order valence-electron chi connectivity index (χ4n) is 3.38. The van der Waals surface area contributed by atoms with Gasteiger partial charge in [0.1, 0.15) is 0 Å². The molecule has 1 aliphatic rings. The monoisotopic (exact) mass is 303 g/mol. The summed E-state index contributed by atoms with van der Waals surface area (Å²) in [6, 6.07) is 5.28. The smallest absolute Gasteiger partial charge is 0.251 e. The van der Waals surface area contributed by atoms with Crippen molar-refractivity contribution in [3.63, 3.8) is 0 Å². The molecule has 5 N–H and O–H groups in total. The van der Waals surface area contributed by atoms with E-state index in [9.17, 15) is 4.79 Å². The normalized spacial score (nSPS) is 22.3. The van der Waals surface area contributed by atoms with Crippen LogP contribution in [-0.2, 0) is 0 Å². The van der Waals surface area contributed by atoms with E-state index in [0.717, 1.165) is 18.8 Å². The average molecular weight is 303 g/mol. The largest absolute Gasteiger partial charge is 0.399 e. The van der Waals surface area contributed by atoms with Crippen LogP contribution in [0.15, 0.2) is 18.2 Å². The van der Waals surface area contributed by atoms with Gasteiger partial charge < -0.3 is 16.8 Å². The van der Waals surface area contributed by atoms with E-state index in [1.165, 1.54) is 19.3 Å². The van der Waals surface area contributed by atoms with Crippen LogP contribution in [0.3, 0.4) is 0 Å². The zero-order valence-electron chi connectivity index (χ0n) is 14.0. The predicted octanol–water partition coefficient (Wildman–Crippen LogP) is 3.58. The third-order valence-electron chi connectivity index (χ3n) is 5.32. The van der Waals surface area contributed by atoms with Crippen LogP contribution >= 0.6 is 0 Å². The third-order valence-corrected chi connectivity index (χ3v) is 5.32. The first-order valence-corrected chi connectivity index (χ1v) is 8.28. The minimum Gasteiger partial charge on any atom is -0.399 e. The van der Waals surface area contributed by atoms with E-state index in [4.69, 9.17) is 11.5 Å². The van der Waals surface area contributed by atoms with E-state index in [2.05, 4.69) is 26.1 Å². The summed E-state index contributed by atoms with van der Waals surface area (Å²) >= 11 is 0. The maximum atomic E-state index is 12.3. The van der Waals surface area contributed by atoms with Gasteiger partial charge in [0, 0.05) is 23.0 Å². The van der Waals surface area contributed by atoms with Crippen LogP contribution in [0.2, 0.25) is 0 Å². The standard InChI is InChI=1S/C18H29N3O/c1-4-18(2,3)13-5-7-16(8-6-13)21-17(22)12-9-14(19)11-15(20)10-12/h9-11,13,16H,4-8,19-20H2,1-3H3,(H,21,22). The summed E-state index contributed by atoms with van der Waals surface area (Å²) in [5, 5.41) is 3.13. The van der Waals surface area contributed by atoms with E-state index >= 15 is 0 Å². The van der Waals surface area contributed by atoms with E-state index in [1.807, 2.05) is 0 Å². The number of benzene rings is 1. The van der Waals surface area contributed by atoms with Gasteiger partial charge in [0.2, 0.25) is 0 Å². The van der Waals surface area contributed by atoms with Crippen LogP contribution in [0.25, 0.3) is 0 Å². The number of nitrogens with two attached hydrogens (primary N) is 2. The van der Waals surface area contributed by atoms with Gasteiger partial charge in [-0.15, -0.1) is 0 Å². The number of amides is 1. The van der Waals surface area contributed by atoms with Crippen LogP contribution in [0.5, 0.6) is 0 Å². The molecule has 1 amide bonds. The lowest BCUT2D eigenvalue weighted by Crippen LogP contribution is -2.39. The fraction of sp³-hybridized carbons (Fsp3) is 0.611. The molecule has 0 unspecified atom stereocenters. The molecule has 0 atom stereocenters. The molecule has 2 rings (SSSR count). The molecule has 0 aliphatic heterocycles. The molecule has 1 fully saturated rings. The summed E-state index contributed by atoms with van der Waals surface area (Å²) in [6.45, 7) is 6.97. The molecule has 1 aliphatic carbocycles. The average Bonchev–Trinajstić information content (AvgIpc) is 2.46. The molecular weight excluding hydrogens is 274 g/mol. The fourth-order valence-corrected chi connectivity index (χ4v) is 3.38. The van der Waals surface area contributed by atoms with E-state index in [0.29, 0.717) is 22.4 Å². The third kappa shape index (κ3) is 3.93. The Balaban J connectivity index is 1.92. The van der Waals surface area contributed by atoms with E-state index < -0.39 is 0 Å². The maximum absolute atomic E-state index is 12.3. The molecule has 22 heavy (non-hydrogen) atoms. The van der Waals surface area contributed by atoms with Crippen molar-refractivity contribution < 1.29 is 4.79 Å². The second-order valence-electron chi connectivity index (χ2n) is 7.25. The molecule has 0 saturated heterocycles. The lowest BCUT2D eigenvalue weighted by Gasteiger charge is -2.39. The van der Waals surface area contributed by atoms with Crippen molar-refractivity contribution >= 4 is 17.3 Å². The Hall–Kier alpha value is -1.71. The Morgan fingerprint density at radius 3 is 2.18 bits per heavy atom. The van der Waals surface area contributed by atoms with Crippen molar-refractivity contribution in [1.82, 2.24) is 5.32 Å². The van der Waals surface area contributed by atoms with Gasteiger partial charge in [0.05, 0.1) is 0 Å². The van der Waals surface area contributed by atoms with Crippen LogP contribution in [0.4, 0.5) is 11.4 Å². The molecule has 122 valence electrons. The number of carbonyl (C=O) groups excluding carboxylic acids is 1. The Labute approximate surface area is 133 Å². The number of nitrogen functional groups attached to an aromatic ring is 2. The molecule has 0 aromatic heterocycles. The van der Waals surface area contributed by atoms with Crippen LogP contribution in [-0.4, -0.2) is 11.9 Å². The van der Waals surface area contributed by atoms with Crippen molar-refractivity contribution in [3.05, 3.63) is 23.8 Å². The first kappa shape index (κ1) is 16.7. The summed E-state index contributed by atoms with van der Waals surface area (Å²) in [7, 11) is 0. The number of carbonyl (C=O) groups is 1. The molecule has 4 nitrogen and oxygen atoms in total. The summed E-state index contributed by atoms with van der Waals surface area (Å²) in [4.78, 5) is 12.3. The molecular formula is C18H29N3O. The molecule has 1 saturated carbocycles. The second-order valence-corrected chi connectivity index (χ2v) is 7.25. The van der Waals surface area contributed by atoms with Crippen LogP contribution < -0.4 is 16.8 Å². The first-order chi connectivity index (χ1) is 10.3. The van der Waals surface area contributed by atoms with Gasteiger partial charge in [0.25, 0.3) is 5.91 Å². The van der Waals surface area contributed by atoms with Gasteiger partial charge in [0.15, 0.2) is 0 Å². The second kappa shape index (κ2) is 6.59. The SMILES string of the molecule is CCC(C)(C)C1CCC(NC(=O)c2cc(N)cc(N)c2)CC1. The molecule has 0 heterocycles. The Bertz CT molecular complexity index is 511. The highest BCUT2D eigenvalue weighted by atomic mass is 16.1. The number of hydrogen-bond donors (Lipinski definition) is 3. The number of rotatable bonds is 4. The highest BCUT2D eigenvalue weighted by Gasteiger charge is 2.32. The maximum Gasteiger partial charge on any atom is 0.251 e. The molecule has 0 bridgehead atoms. The van der Waals surface area contributed by atoms with Crippen molar-refractivity contribution in [2.75, 3.05) is 11.5 Å². The first-order valence-electron chi connectivity index (χ1n) is 8.28. The number of hydrogen-bond acceptors (Lipinski definition) is 3. The molecule has 1 aromatic carbocycles. The van der Waals surface area contributed by atoms with Gasteiger partial charge in [-0.25, -0.2) is 0 Å². The quantitative estimate of drug-likeness (QED) is 0.744. The van der Waals surface area contributed by atoms with Gasteiger partial charge in [-0.2, -0.15) is 0 Å². The summed E-state index contributed by atoms with van der Waals surface area (Å²) in [6.07, 6.45) is 5.68. The Morgan fingerprint density at radius 1 is 1.14 bits per heavy atom. The van der Waals surface area contributed by atoms with Gasteiger partial charge in [-0.1, -0.05) is 27.2 Å². The summed E-state index contributed by atoms with van der Waals surface area (Å²) in [5.74, 6) is 0.686. The van der Waals surface area contributed by atoms with Crippen molar-refractivity contribution in [2.45, 2.75) is 58.9 Å². The highest BCUT2D eigenvalue weighted by molar-refractivity contribution is 5.96. The van der Waals surface area contributed by atoms with Gasteiger partial charge in [-0.3, -0.25) is 4.79 Å². The number of nitrogens with one attached hydrogen (secondary N) is 1. The Kier molecular flexibility index (Phi) is 4.99. The Morgan fingerprint density at radius 2 is 1.68 bits per heavy atom. The predicted molar refractivity (Wildman–Crippen MR) is 92.6 cm³/mol. The van der Waals surface area contributed by atoms with Crippen molar-refractivity contribution in [2.24, 2.45) is 11.3 Å². The van der Waals surface area contributed by atoms with Crippen LogP contribution in [0, 0.1) is 11.3 Å². The minimum atomic E-state index is -0.0720. The highest BCUT2D eigenvalue weighted by Crippen LogP contribution is 2.40. The van der Waals surface area contributed by atoms with Crippen LogP contribution in [0.1, 0.15) is 63.2 Å². The lowest BCUT2D eigenvalue weighted by atomic mass is 9.69. The van der Waals surface area contributed by atoms with Gasteiger partial charge >= 0.3 is 0 Å². The topological polar surface area (TPSA) is 81.1 Å². The summed E-state index contributed by atoms with van der Waals surface area (Å²) < 4.78 is 0. The number of anilines is 2. The molecule has 0 radical (unpaired) electrons. The van der Waals surface area contributed by atoms with Crippen molar-refractivity contribution in [1.29, 1.82) is 0 Å². The molecule has 0 spiro atoms. The lowest BCUT2D eigenvalue weighted by molar-refractivity contribution is 0.0893. The zero-order valence-corrected chi connectivity index (χ0v) is 14.0. The van der Waals surface area contributed by atoms with E-state index in [1.54, 1.807) is 18.2 Å². The summed E-state index contributed by atoms with van der Waals surface area (Å²) in [5.41, 5.74) is 13.5. The zero-order chi connectivity index (χ0) is 16.3. The molecule has 4 heteroatoms. The van der Waals surface area contributed by atoms with E-state index in [-0.39, 0.29) is 11.9 Å². The minimum absolute atomic E-state index is 0.0720. The van der Waals surface area contributed by atoms with Crippen molar-refractivity contribution in [3.8, 4) is 0 Å².